The van der Waals surface area contributed by atoms with E-state index in [0.29, 0.717) is 18.9 Å². The van der Waals surface area contributed by atoms with Crippen LogP contribution in [0.15, 0.2) is 0 Å². The number of amides is 1. The second-order valence-corrected chi connectivity index (χ2v) is 4.52. The van der Waals surface area contributed by atoms with Gasteiger partial charge in [0, 0.05) is 6.54 Å². The molecule has 1 saturated carbocycles. The van der Waals surface area contributed by atoms with Crippen LogP contribution in [0.3, 0.4) is 0 Å². The lowest BCUT2D eigenvalue weighted by molar-refractivity contribution is -0.133. The third-order valence-electron chi connectivity index (χ3n) is 3.34. The molecule has 2 rings (SSSR count). The molecule has 1 heterocycles. The summed E-state index contributed by atoms with van der Waals surface area (Å²) in [5, 5.41) is 18.3. The van der Waals surface area contributed by atoms with Crippen LogP contribution in [0.25, 0.3) is 0 Å². The molecule has 2 fully saturated rings. The lowest BCUT2D eigenvalue weighted by Crippen LogP contribution is -2.52. The van der Waals surface area contributed by atoms with Gasteiger partial charge in [-0.05, 0) is 31.6 Å². The smallest absolute Gasteiger partial charge is 0.426 e. The first-order valence-electron chi connectivity index (χ1n) is 5.53. The minimum Gasteiger partial charge on any atom is -0.426 e. The van der Waals surface area contributed by atoms with Gasteiger partial charge in [0.05, 0.1) is 12.0 Å². The van der Waals surface area contributed by atoms with Crippen LogP contribution in [-0.2, 0) is 4.79 Å². The fourth-order valence-electron chi connectivity index (χ4n) is 2.22. The standard InChI is InChI=1S/C9H17BN2O3/c11-8(6-3-4-6)9(13)12-5-1-2-7(12)10(14)15/h6-8,14-15H,1-5,11H2/t7-,8?/m0/s1. The van der Waals surface area contributed by atoms with E-state index in [4.69, 9.17) is 15.8 Å². The quantitative estimate of drug-likeness (QED) is 0.509. The molecule has 2 aliphatic rings. The van der Waals surface area contributed by atoms with Gasteiger partial charge in [-0.25, -0.2) is 0 Å². The third-order valence-corrected chi connectivity index (χ3v) is 3.34. The molecule has 4 N–H and O–H groups in total. The number of hydrogen-bond acceptors (Lipinski definition) is 4. The van der Waals surface area contributed by atoms with Gasteiger partial charge in [-0.3, -0.25) is 4.79 Å². The molecule has 0 aromatic rings. The second kappa shape index (κ2) is 4.12. The molecule has 0 aromatic heterocycles. The zero-order valence-corrected chi connectivity index (χ0v) is 8.67. The SMILES string of the molecule is NC(C(=O)N1CCC[C@H]1B(O)O)C1CC1. The molecule has 1 aliphatic carbocycles. The van der Waals surface area contributed by atoms with Crippen molar-refractivity contribution in [2.45, 2.75) is 37.7 Å². The minimum absolute atomic E-state index is 0.117. The highest BCUT2D eigenvalue weighted by atomic mass is 16.4. The molecule has 1 saturated heterocycles. The van der Waals surface area contributed by atoms with Crippen molar-refractivity contribution in [1.29, 1.82) is 0 Å². The fourth-order valence-corrected chi connectivity index (χ4v) is 2.22. The van der Waals surface area contributed by atoms with Crippen LogP contribution in [0.2, 0.25) is 0 Å². The van der Waals surface area contributed by atoms with Gasteiger partial charge in [0.15, 0.2) is 0 Å². The number of nitrogens with two attached hydrogens (primary N) is 1. The van der Waals surface area contributed by atoms with Crippen molar-refractivity contribution in [3.8, 4) is 0 Å². The summed E-state index contributed by atoms with van der Waals surface area (Å²) >= 11 is 0. The van der Waals surface area contributed by atoms with Crippen LogP contribution >= 0.6 is 0 Å². The predicted molar refractivity (Wildman–Crippen MR) is 55.6 cm³/mol. The molecule has 1 aliphatic heterocycles. The Kier molecular flexibility index (Phi) is 3.00. The van der Waals surface area contributed by atoms with Gasteiger partial charge < -0.3 is 20.7 Å². The predicted octanol–water partition coefficient (Wildman–Crippen LogP) is -1.27. The van der Waals surface area contributed by atoms with Gasteiger partial charge in [-0.15, -0.1) is 0 Å². The molecule has 0 radical (unpaired) electrons. The van der Waals surface area contributed by atoms with E-state index in [1.165, 1.54) is 4.90 Å². The average molecular weight is 212 g/mol. The van der Waals surface area contributed by atoms with Gasteiger partial charge in [0.25, 0.3) is 0 Å². The Morgan fingerprint density at radius 3 is 2.60 bits per heavy atom. The molecule has 0 bridgehead atoms. The normalized spacial score (nSPS) is 27.9. The lowest BCUT2D eigenvalue weighted by atomic mass is 9.77. The third kappa shape index (κ3) is 2.16. The summed E-state index contributed by atoms with van der Waals surface area (Å²) in [6.45, 7) is 0.599. The molecule has 15 heavy (non-hydrogen) atoms. The van der Waals surface area contributed by atoms with Crippen molar-refractivity contribution in [1.82, 2.24) is 4.90 Å². The maximum Gasteiger partial charge on any atom is 0.475 e. The number of likely N-dealkylation sites (tertiary alicyclic amines) is 1. The Labute approximate surface area is 89.4 Å². The Morgan fingerprint density at radius 2 is 2.07 bits per heavy atom. The van der Waals surface area contributed by atoms with E-state index in [2.05, 4.69) is 0 Å². The number of rotatable bonds is 3. The monoisotopic (exact) mass is 212 g/mol. The second-order valence-electron chi connectivity index (χ2n) is 4.52. The van der Waals surface area contributed by atoms with Crippen molar-refractivity contribution in [3.05, 3.63) is 0 Å². The van der Waals surface area contributed by atoms with Gasteiger partial charge in [-0.2, -0.15) is 0 Å². The fraction of sp³-hybridized carbons (Fsp3) is 0.889. The Hall–Kier alpha value is -0.585. The number of hydrogen-bond donors (Lipinski definition) is 3. The van der Waals surface area contributed by atoms with Gasteiger partial charge in [0.2, 0.25) is 5.91 Å². The molecule has 84 valence electrons. The molecular weight excluding hydrogens is 195 g/mol. The highest BCUT2D eigenvalue weighted by Crippen LogP contribution is 2.33. The first kappa shape index (κ1) is 10.9. The number of carbonyl (C=O) groups excluding carboxylic acids is 1. The summed E-state index contributed by atoms with van der Waals surface area (Å²) in [5.74, 6) is -0.259. The Morgan fingerprint density at radius 1 is 1.40 bits per heavy atom. The number of carbonyl (C=O) groups is 1. The van der Waals surface area contributed by atoms with Crippen LogP contribution in [0.4, 0.5) is 0 Å². The lowest BCUT2D eigenvalue weighted by Gasteiger charge is -2.26. The van der Waals surface area contributed by atoms with Gasteiger partial charge >= 0.3 is 7.12 Å². The molecule has 5 nitrogen and oxygen atoms in total. The first-order valence-corrected chi connectivity index (χ1v) is 5.53. The van der Waals surface area contributed by atoms with E-state index < -0.39 is 19.1 Å². The summed E-state index contributed by atoms with van der Waals surface area (Å²) < 4.78 is 0. The maximum atomic E-state index is 11.9. The van der Waals surface area contributed by atoms with Crippen LogP contribution < -0.4 is 5.73 Å². The first-order chi connectivity index (χ1) is 7.11. The van der Waals surface area contributed by atoms with E-state index in [1.54, 1.807) is 0 Å². The van der Waals surface area contributed by atoms with Crippen molar-refractivity contribution in [2.75, 3.05) is 6.54 Å². The van der Waals surface area contributed by atoms with E-state index in [1.807, 2.05) is 0 Å². The Bertz CT molecular complexity index is 258. The molecule has 6 heteroatoms. The van der Waals surface area contributed by atoms with Crippen molar-refractivity contribution >= 4 is 13.0 Å². The largest absolute Gasteiger partial charge is 0.475 e. The van der Waals surface area contributed by atoms with Crippen LogP contribution in [0.1, 0.15) is 25.7 Å². The summed E-state index contributed by atoms with van der Waals surface area (Å²) in [4.78, 5) is 13.5. The Balaban J connectivity index is 1.98. The topological polar surface area (TPSA) is 86.8 Å². The molecule has 1 amide bonds. The van der Waals surface area contributed by atoms with Crippen molar-refractivity contribution in [3.63, 3.8) is 0 Å². The van der Waals surface area contributed by atoms with E-state index in [-0.39, 0.29) is 5.91 Å². The number of nitrogens with zero attached hydrogens (tertiary/aromatic N) is 1. The van der Waals surface area contributed by atoms with Gasteiger partial charge in [0.1, 0.15) is 0 Å². The summed E-state index contributed by atoms with van der Waals surface area (Å²) in [7, 11) is -1.44. The van der Waals surface area contributed by atoms with Crippen LogP contribution in [0.5, 0.6) is 0 Å². The molecule has 0 spiro atoms. The average Bonchev–Trinajstić information content (AvgIpc) is 2.92. The summed E-state index contributed by atoms with van der Waals surface area (Å²) in [6.07, 6.45) is 3.52. The van der Waals surface area contributed by atoms with E-state index in [0.717, 1.165) is 19.3 Å². The van der Waals surface area contributed by atoms with E-state index in [9.17, 15) is 4.79 Å². The molecule has 2 atom stereocenters. The zero-order chi connectivity index (χ0) is 11.0. The minimum atomic E-state index is -1.44. The zero-order valence-electron chi connectivity index (χ0n) is 8.67. The molecule has 0 aromatic carbocycles. The molecule has 1 unspecified atom stereocenters. The highest BCUT2D eigenvalue weighted by molar-refractivity contribution is 6.43. The van der Waals surface area contributed by atoms with Crippen LogP contribution in [0, 0.1) is 5.92 Å². The van der Waals surface area contributed by atoms with Crippen molar-refractivity contribution < 1.29 is 14.8 Å². The van der Waals surface area contributed by atoms with Crippen molar-refractivity contribution in [2.24, 2.45) is 11.7 Å². The van der Waals surface area contributed by atoms with E-state index >= 15 is 0 Å². The summed E-state index contributed by atoms with van der Waals surface area (Å²) in [5.41, 5.74) is 5.81. The maximum absolute atomic E-state index is 11.9. The van der Waals surface area contributed by atoms with Gasteiger partial charge in [-0.1, -0.05) is 0 Å². The molecular formula is C9H17BN2O3. The van der Waals surface area contributed by atoms with Crippen LogP contribution in [-0.4, -0.2) is 46.5 Å². The summed E-state index contributed by atoms with van der Waals surface area (Å²) in [6, 6.07) is -0.440. The highest BCUT2D eigenvalue weighted by Gasteiger charge is 2.42.